The van der Waals surface area contributed by atoms with Crippen molar-refractivity contribution in [2.75, 3.05) is 25.4 Å². The van der Waals surface area contributed by atoms with Crippen LogP contribution in [0.5, 0.6) is 0 Å². The molecule has 3 rings (SSSR count). The van der Waals surface area contributed by atoms with Crippen LogP contribution in [0.15, 0.2) is 11.4 Å². The Morgan fingerprint density at radius 3 is 2.54 bits per heavy atom. The van der Waals surface area contributed by atoms with Crippen LogP contribution in [0.25, 0.3) is 0 Å². The second-order valence-corrected chi connectivity index (χ2v) is 10.1. The minimum absolute atomic E-state index is 0.0469. The van der Waals surface area contributed by atoms with E-state index >= 15 is 0 Å². The molecule has 0 aromatic carbocycles. The molecule has 0 radical (unpaired) electrons. The van der Waals surface area contributed by atoms with Gasteiger partial charge in [-0.1, -0.05) is 26.7 Å². The summed E-state index contributed by atoms with van der Waals surface area (Å²) in [5.74, 6) is 0.411. The van der Waals surface area contributed by atoms with Gasteiger partial charge in [-0.2, -0.15) is 0 Å². The number of nitrogens with zero attached hydrogens (tertiary/aromatic N) is 3. The first-order valence-corrected chi connectivity index (χ1v) is 11.7. The Kier molecular flexibility index (Phi) is 6.75. The zero-order valence-corrected chi connectivity index (χ0v) is 17.0. The number of aromatic nitrogens is 2. The van der Waals surface area contributed by atoms with Crippen molar-refractivity contribution in [1.29, 1.82) is 0 Å². The van der Waals surface area contributed by atoms with Crippen LogP contribution in [0.3, 0.4) is 0 Å². The van der Waals surface area contributed by atoms with Gasteiger partial charge in [0.25, 0.3) is 0 Å². The normalized spacial score (nSPS) is 22.8. The lowest BCUT2D eigenvalue weighted by Gasteiger charge is -2.22. The van der Waals surface area contributed by atoms with Gasteiger partial charge in [0.2, 0.25) is 15.0 Å². The van der Waals surface area contributed by atoms with Gasteiger partial charge in [0.05, 0.1) is 23.7 Å². The Morgan fingerprint density at radius 2 is 1.92 bits per heavy atom. The molecule has 0 amide bonds. The second-order valence-electron chi connectivity index (χ2n) is 8.14. The first-order valence-electron chi connectivity index (χ1n) is 10.1. The fraction of sp³-hybridized carbons (Fsp3) is 0.842. The van der Waals surface area contributed by atoms with Crippen LogP contribution >= 0.6 is 0 Å². The molecule has 26 heavy (non-hydrogen) atoms. The van der Waals surface area contributed by atoms with E-state index in [1.54, 1.807) is 6.20 Å². The van der Waals surface area contributed by atoms with E-state index in [-0.39, 0.29) is 17.0 Å². The third-order valence-corrected chi connectivity index (χ3v) is 6.93. The van der Waals surface area contributed by atoms with Gasteiger partial charge in [-0.3, -0.25) is 4.90 Å². The molecule has 1 atom stereocenters. The monoisotopic (exact) mass is 383 g/mol. The smallest absolute Gasteiger partial charge is 0.227 e. The van der Waals surface area contributed by atoms with Gasteiger partial charge in [0.1, 0.15) is 0 Å². The Bertz CT molecular complexity index is 670. The summed E-state index contributed by atoms with van der Waals surface area (Å²) < 4.78 is 33.4. The summed E-state index contributed by atoms with van der Waals surface area (Å²) in [7, 11) is -3.44. The summed E-state index contributed by atoms with van der Waals surface area (Å²) in [6.07, 6.45) is 8.40. The number of hydrogen-bond acceptors (Lipinski definition) is 5. The highest BCUT2D eigenvalue weighted by atomic mass is 32.2. The van der Waals surface area contributed by atoms with Gasteiger partial charge in [0.15, 0.2) is 0 Å². The van der Waals surface area contributed by atoms with Crippen LogP contribution < -0.4 is 0 Å². The van der Waals surface area contributed by atoms with Crippen molar-refractivity contribution in [2.45, 2.75) is 76.7 Å². The molecule has 3 heterocycles. The molecule has 0 N–H and O–H groups in total. The number of rotatable bonds is 7. The fourth-order valence-corrected chi connectivity index (χ4v) is 5.59. The van der Waals surface area contributed by atoms with E-state index in [1.165, 1.54) is 25.7 Å². The molecule has 1 unspecified atom stereocenters. The first-order chi connectivity index (χ1) is 12.5. The minimum Gasteiger partial charge on any atom is -0.377 e. The Labute approximate surface area is 157 Å². The lowest BCUT2D eigenvalue weighted by molar-refractivity contribution is 0.127. The van der Waals surface area contributed by atoms with E-state index in [0.29, 0.717) is 19.1 Å². The van der Waals surface area contributed by atoms with E-state index in [2.05, 4.69) is 23.7 Å². The molecule has 6 nitrogen and oxygen atoms in total. The average Bonchev–Trinajstić information content (AvgIpc) is 3.12. The molecule has 7 heteroatoms. The van der Waals surface area contributed by atoms with Gasteiger partial charge < -0.3 is 9.30 Å². The van der Waals surface area contributed by atoms with Gasteiger partial charge in [-0.05, 0) is 44.7 Å². The van der Waals surface area contributed by atoms with Crippen molar-refractivity contribution in [1.82, 2.24) is 14.5 Å². The standard InChI is InChI=1S/C19H33N3O3S/c1-16(2)13-22-17(14-21-9-5-3-4-6-10-21)12-20-19(22)26(23,24)15-18-8-7-11-25-18/h12,16,18H,3-11,13-15H2,1-2H3. The van der Waals surface area contributed by atoms with Crippen molar-refractivity contribution >= 4 is 9.84 Å². The average molecular weight is 384 g/mol. The minimum atomic E-state index is -3.44. The zero-order chi connectivity index (χ0) is 18.6. The van der Waals surface area contributed by atoms with Crippen LogP contribution in [0.4, 0.5) is 0 Å². The Hall–Kier alpha value is -0.920. The number of sulfone groups is 1. The van der Waals surface area contributed by atoms with Crippen LogP contribution in [0.2, 0.25) is 0 Å². The topological polar surface area (TPSA) is 64.4 Å². The quantitative estimate of drug-likeness (QED) is 0.724. The molecular weight excluding hydrogens is 350 g/mol. The summed E-state index contributed by atoms with van der Waals surface area (Å²) in [5.41, 5.74) is 1.02. The van der Waals surface area contributed by atoms with Gasteiger partial charge in [0, 0.05) is 19.7 Å². The van der Waals surface area contributed by atoms with Crippen molar-refractivity contribution in [3.05, 3.63) is 11.9 Å². The SMILES string of the molecule is CC(C)Cn1c(CN2CCCCCC2)cnc1S(=O)(=O)CC1CCCO1. The molecule has 0 aliphatic carbocycles. The molecule has 1 aromatic rings. The highest BCUT2D eigenvalue weighted by Gasteiger charge is 2.30. The predicted octanol–water partition coefficient (Wildman–Crippen LogP) is 2.87. The third kappa shape index (κ3) is 5.08. The van der Waals surface area contributed by atoms with Crippen molar-refractivity contribution < 1.29 is 13.2 Å². The largest absolute Gasteiger partial charge is 0.377 e. The molecule has 1 aromatic heterocycles. The predicted molar refractivity (Wildman–Crippen MR) is 102 cm³/mol. The Morgan fingerprint density at radius 1 is 1.19 bits per heavy atom. The van der Waals surface area contributed by atoms with E-state index in [0.717, 1.165) is 38.2 Å². The molecule has 0 saturated carbocycles. The third-order valence-electron chi connectivity index (χ3n) is 5.24. The van der Waals surface area contributed by atoms with E-state index in [4.69, 9.17) is 4.74 Å². The molecule has 2 fully saturated rings. The maximum atomic E-state index is 13.0. The number of likely N-dealkylation sites (tertiary alicyclic amines) is 1. The molecule has 0 spiro atoms. The highest BCUT2D eigenvalue weighted by Crippen LogP contribution is 2.22. The van der Waals surface area contributed by atoms with Crippen LogP contribution in [-0.2, 0) is 27.7 Å². The molecule has 2 aliphatic rings. The van der Waals surface area contributed by atoms with E-state index < -0.39 is 9.84 Å². The zero-order valence-electron chi connectivity index (χ0n) is 16.2. The summed E-state index contributed by atoms with van der Waals surface area (Å²) in [5, 5.41) is 0.228. The number of hydrogen-bond donors (Lipinski definition) is 0. The molecule has 0 bridgehead atoms. The lowest BCUT2D eigenvalue weighted by Crippen LogP contribution is -2.27. The summed E-state index contributed by atoms with van der Waals surface area (Å²) in [4.78, 5) is 6.81. The van der Waals surface area contributed by atoms with Crippen LogP contribution in [-0.4, -0.2) is 54.4 Å². The molecule has 2 aliphatic heterocycles. The maximum absolute atomic E-state index is 13.0. The van der Waals surface area contributed by atoms with Gasteiger partial charge in [-0.25, -0.2) is 13.4 Å². The summed E-state index contributed by atoms with van der Waals surface area (Å²) in [6.45, 7) is 8.55. The van der Waals surface area contributed by atoms with Crippen molar-refractivity contribution in [3.63, 3.8) is 0 Å². The highest BCUT2D eigenvalue weighted by molar-refractivity contribution is 7.91. The van der Waals surface area contributed by atoms with Crippen molar-refractivity contribution in [2.24, 2.45) is 5.92 Å². The maximum Gasteiger partial charge on any atom is 0.227 e. The number of ether oxygens (including phenoxy) is 1. The lowest BCUT2D eigenvalue weighted by atomic mass is 10.2. The molecular formula is C19H33N3O3S. The van der Waals surface area contributed by atoms with Crippen LogP contribution in [0.1, 0.15) is 58.1 Å². The fourth-order valence-electron chi connectivity index (χ4n) is 3.95. The van der Waals surface area contributed by atoms with Gasteiger partial charge >= 0.3 is 0 Å². The van der Waals surface area contributed by atoms with Crippen molar-refractivity contribution in [3.8, 4) is 0 Å². The molecule has 2 saturated heterocycles. The summed E-state index contributed by atoms with van der Waals surface area (Å²) >= 11 is 0. The molecule has 148 valence electrons. The van der Waals surface area contributed by atoms with E-state index in [9.17, 15) is 8.42 Å². The first kappa shape index (κ1) is 19.8. The van der Waals surface area contributed by atoms with Gasteiger partial charge in [-0.15, -0.1) is 0 Å². The summed E-state index contributed by atoms with van der Waals surface area (Å²) in [6, 6.07) is 0. The van der Waals surface area contributed by atoms with Crippen LogP contribution in [0, 0.1) is 5.92 Å². The second kappa shape index (κ2) is 8.85. The Balaban J connectivity index is 1.81. The number of imidazole rings is 1. The van der Waals surface area contributed by atoms with E-state index in [1.807, 2.05) is 4.57 Å².